The minimum Gasteiger partial charge on any atom is -0.382 e. The van der Waals surface area contributed by atoms with E-state index in [9.17, 15) is 36.3 Å². The highest BCUT2D eigenvalue weighted by atomic mass is 35.5. The Hall–Kier alpha value is -2.91. The van der Waals surface area contributed by atoms with Crippen LogP contribution in [0.25, 0.3) is 11.4 Å². The van der Waals surface area contributed by atoms with Gasteiger partial charge in [-0.1, -0.05) is 125 Å². The molecule has 3 N–H and O–H groups in total. The minimum absolute atomic E-state index is 0.108. The summed E-state index contributed by atoms with van der Waals surface area (Å²) in [5.41, 5.74) is -0.382. The number of amides is 1. The molecule has 0 aliphatic heterocycles. The lowest BCUT2D eigenvalue weighted by atomic mass is 10.0. The van der Waals surface area contributed by atoms with Crippen molar-refractivity contribution in [2.24, 2.45) is 0 Å². The molecule has 16 heteroatoms. The number of aliphatic hydroxyl groups is 1. The Morgan fingerprint density at radius 2 is 1.46 bits per heavy atom. The molecule has 1 aromatic heterocycles. The number of carbonyl (C=O) groups is 1. The van der Waals surface area contributed by atoms with Crippen LogP contribution < -0.4 is 15.7 Å². The van der Waals surface area contributed by atoms with E-state index in [1.54, 1.807) is 24.3 Å². The van der Waals surface area contributed by atoms with Crippen molar-refractivity contribution in [2.75, 3.05) is 12.8 Å². The number of nitrogens with zero attached hydrogens (tertiary/aromatic N) is 3. The Balaban J connectivity index is 1.91. The molecule has 2 unspecified atom stereocenters. The van der Waals surface area contributed by atoms with Crippen molar-refractivity contribution in [3.63, 3.8) is 0 Å². The van der Waals surface area contributed by atoms with Crippen molar-refractivity contribution in [1.82, 2.24) is 24.4 Å². The highest BCUT2D eigenvalue weighted by Crippen LogP contribution is 2.27. The second-order valence-electron chi connectivity index (χ2n) is 13.1. The number of unbranched alkanes of at least 4 members (excludes halogenated alkanes) is 11. The summed E-state index contributed by atoms with van der Waals surface area (Å²) < 4.78 is 68.5. The van der Waals surface area contributed by atoms with Crippen LogP contribution >= 0.6 is 23.2 Å². The number of halogens is 5. The molecule has 0 aliphatic carbocycles. The quantitative estimate of drug-likeness (QED) is 0.0834. The number of alkyl halides is 3. The maximum Gasteiger partial charge on any atom is 0.416 e. The van der Waals surface area contributed by atoms with E-state index in [1.807, 2.05) is 0 Å². The maximum absolute atomic E-state index is 14.1. The molecule has 0 radical (unpaired) electrons. The number of hydrogen-bond acceptors (Lipinski definition) is 6. The summed E-state index contributed by atoms with van der Waals surface area (Å²) in [6.07, 6.45) is 5.93. The van der Waals surface area contributed by atoms with E-state index in [1.165, 1.54) is 62.8 Å². The Morgan fingerprint density at radius 3 is 2.00 bits per heavy atom. The summed E-state index contributed by atoms with van der Waals surface area (Å²) in [5.74, 6) is -0.909. The molecule has 1 amide bonds. The first-order valence-electron chi connectivity index (χ1n) is 17.8. The number of aliphatic hydroxyl groups excluding tert-OH is 1. The average Bonchev–Trinajstić information content (AvgIpc) is 3.39. The van der Waals surface area contributed by atoms with E-state index in [4.69, 9.17) is 23.2 Å². The lowest BCUT2D eigenvalue weighted by Crippen LogP contribution is -2.44. The van der Waals surface area contributed by atoms with Gasteiger partial charge in [-0.25, -0.2) is 22.6 Å². The van der Waals surface area contributed by atoms with Crippen molar-refractivity contribution in [3.8, 4) is 11.4 Å². The second kappa shape index (κ2) is 21.1. The fourth-order valence-electron chi connectivity index (χ4n) is 5.91. The number of benzene rings is 2. The molecule has 1 heterocycles. The third kappa shape index (κ3) is 14.1. The standard InChI is InChI=1S/C36H50Cl2F3N5O5S/c1-3-4-5-6-7-8-9-10-11-12-13-14-19-31(34(48)43-30(24-42-52(2,50)51)28-17-15-16-18-29(28)38)46-35(49)45(25-32(47)36(39,40)41)33(44-46)26-20-22-27(37)23-21-26/h15-18,20-23,30-32,42,47H,3-14,19,24-25H2,1-2H3,(H,43,48)/t30?,31?,32-/m0/s1. The third-order valence-electron chi connectivity index (χ3n) is 8.80. The molecule has 52 heavy (non-hydrogen) atoms. The van der Waals surface area contributed by atoms with Gasteiger partial charge in [0.25, 0.3) is 0 Å². The molecule has 0 fully saturated rings. The van der Waals surface area contributed by atoms with Crippen molar-refractivity contribution < 1.29 is 31.5 Å². The summed E-state index contributed by atoms with van der Waals surface area (Å²) >= 11 is 12.5. The monoisotopic (exact) mass is 791 g/mol. The predicted molar refractivity (Wildman–Crippen MR) is 199 cm³/mol. The molecule has 3 atom stereocenters. The van der Waals surface area contributed by atoms with E-state index in [2.05, 4.69) is 22.1 Å². The maximum atomic E-state index is 14.1. The highest BCUT2D eigenvalue weighted by Gasteiger charge is 2.40. The summed E-state index contributed by atoms with van der Waals surface area (Å²) in [7, 11) is -3.69. The van der Waals surface area contributed by atoms with Gasteiger partial charge in [0.2, 0.25) is 15.9 Å². The molecule has 10 nitrogen and oxygen atoms in total. The van der Waals surface area contributed by atoms with E-state index in [0.717, 1.165) is 43.0 Å². The van der Waals surface area contributed by atoms with Crippen LogP contribution in [0.4, 0.5) is 13.2 Å². The molecule has 0 spiro atoms. The van der Waals surface area contributed by atoms with Gasteiger partial charge in [0, 0.05) is 22.2 Å². The summed E-state index contributed by atoms with van der Waals surface area (Å²) in [4.78, 5) is 28.0. The van der Waals surface area contributed by atoms with Gasteiger partial charge in [0.15, 0.2) is 11.9 Å². The molecule has 3 aromatic rings. The number of hydrogen-bond donors (Lipinski definition) is 3. The van der Waals surface area contributed by atoms with Crippen LogP contribution in [0.2, 0.25) is 10.0 Å². The molecule has 2 aromatic carbocycles. The fourth-order valence-corrected chi connectivity index (χ4v) is 6.77. The highest BCUT2D eigenvalue weighted by molar-refractivity contribution is 7.88. The Labute approximate surface area is 314 Å². The first kappa shape index (κ1) is 43.5. The van der Waals surface area contributed by atoms with Crippen LogP contribution in [0.5, 0.6) is 0 Å². The van der Waals surface area contributed by atoms with Crippen LogP contribution in [0, 0.1) is 0 Å². The molecule has 290 valence electrons. The summed E-state index contributed by atoms with van der Waals surface area (Å²) in [5, 5.41) is 17.7. The van der Waals surface area contributed by atoms with Crippen LogP contribution in [-0.2, 0) is 21.4 Å². The van der Waals surface area contributed by atoms with Crippen LogP contribution in [0.1, 0.15) is 108 Å². The molecule has 0 saturated carbocycles. The molecule has 0 saturated heterocycles. The van der Waals surface area contributed by atoms with Gasteiger partial charge < -0.3 is 10.4 Å². The zero-order valence-corrected chi connectivity index (χ0v) is 32.0. The van der Waals surface area contributed by atoms with Crippen LogP contribution in [0.3, 0.4) is 0 Å². The third-order valence-corrected chi connectivity index (χ3v) is 10.1. The lowest BCUT2D eigenvalue weighted by Gasteiger charge is -2.24. The smallest absolute Gasteiger partial charge is 0.382 e. The van der Waals surface area contributed by atoms with Gasteiger partial charge in [-0.05, 0) is 42.3 Å². The van der Waals surface area contributed by atoms with Gasteiger partial charge in [-0.2, -0.15) is 13.2 Å². The topological polar surface area (TPSA) is 135 Å². The van der Waals surface area contributed by atoms with E-state index < -0.39 is 52.5 Å². The SMILES string of the molecule is CCCCCCCCCCCCCCC(C(=O)NC(CNS(C)(=O)=O)c1ccccc1Cl)n1nc(-c2ccc(Cl)cc2)n(C[C@H](O)C(F)(F)F)c1=O. The van der Waals surface area contributed by atoms with Gasteiger partial charge >= 0.3 is 11.9 Å². The van der Waals surface area contributed by atoms with Crippen molar-refractivity contribution in [3.05, 3.63) is 74.6 Å². The van der Waals surface area contributed by atoms with E-state index >= 15 is 0 Å². The minimum atomic E-state index is -5.03. The normalized spacial score (nSPS) is 13.9. The number of carbonyl (C=O) groups excluding carboxylic acids is 1. The lowest BCUT2D eigenvalue weighted by molar-refractivity contribution is -0.207. The van der Waals surface area contributed by atoms with E-state index in [0.29, 0.717) is 21.6 Å². The van der Waals surface area contributed by atoms with Crippen LogP contribution in [0.15, 0.2) is 53.3 Å². The number of rotatable bonds is 23. The predicted octanol–water partition coefficient (Wildman–Crippen LogP) is 7.98. The number of aromatic nitrogens is 3. The Bertz CT molecular complexity index is 1720. The number of nitrogens with one attached hydrogen (secondary N) is 2. The number of sulfonamides is 1. The summed E-state index contributed by atoms with van der Waals surface area (Å²) in [6, 6.07) is 10.2. The Morgan fingerprint density at radius 1 is 0.904 bits per heavy atom. The van der Waals surface area contributed by atoms with Gasteiger partial charge in [0.1, 0.15) is 6.04 Å². The zero-order valence-electron chi connectivity index (χ0n) is 29.7. The zero-order chi connectivity index (χ0) is 38.3. The molecule has 0 bridgehead atoms. The molecular formula is C36H50Cl2F3N5O5S. The van der Waals surface area contributed by atoms with Gasteiger partial charge in [0.05, 0.1) is 18.8 Å². The van der Waals surface area contributed by atoms with Gasteiger partial charge in [-0.15, -0.1) is 5.10 Å². The van der Waals surface area contributed by atoms with Crippen molar-refractivity contribution in [1.29, 1.82) is 0 Å². The first-order chi connectivity index (χ1) is 24.6. The first-order valence-corrected chi connectivity index (χ1v) is 20.5. The average molecular weight is 793 g/mol. The summed E-state index contributed by atoms with van der Waals surface area (Å²) in [6.45, 7) is 0.768. The van der Waals surface area contributed by atoms with Gasteiger partial charge in [-0.3, -0.25) is 9.36 Å². The fraction of sp³-hybridized carbons (Fsp3) is 0.583. The van der Waals surface area contributed by atoms with E-state index in [-0.39, 0.29) is 29.4 Å². The molecule has 0 aliphatic rings. The molecular weight excluding hydrogens is 742 g/mol. The van der Waals surface area contributed by atoms with Crippen molar-refractivity contribution in [2.45, 2.75) is 121 Å². The molecule has 3 rings (SSSR count). The largest absolute Gasteiger partial charge is 0.416 e. The van der Waals surface area contributed by atoms with Crippen LogP contribution in [-0.4, -0.2) is 58.9 Å². The second-order valence-corrected chi connectivity index (χ2v) is 15.8. The Kier molecular flexibility index (Phi) is 17.6. The van der Waals surface area contributed by atoms with Crippen molar-refractivity contribution >= 4 is 39.1 Å².